The van der Waals surface area contributed by atoms with Crippen molar-refractivity contribution in [3.8, 4) is 17.2 Å². The summed E-state index contributed by atoms with van der Waals surface area (Å²) < 4.78 is 24.6. The number of aromatic nitrogens is 3. The zero-order valence-corrected chi connectivity index (χ0v) is 28.7. The minimum Gasteiger partial charge on any atom is -0.493 e. The molecule has 1 atom stereocenters. The van der Waals surface area contributed by atoms with E-state index in [1.165, 1.54) is 5.56 Å². The Morgan fingerprint density at radius 2 is 1.73 bits per heavy atom. The van der Waals surface area contributed by atoms with E-state index < -0.39 is 0 Å². The molecule has 2 aliphatic rings. The van der Waals surface area contributed by atoms with Gasteiger partial charge in [-0.1, -0.05) is 18.2 Å². The van der Waals surface area contributed by atoms with Crippen LogP contribution < -0.4 is 19.1 Å². The first-order valence-corrected chi connectivity index (χ1v) is 17.0. The number of anilines is 1. The van der Waals surface area contributed by atoms with Crippen LogP contribution in [0.15, 0.2) is 60.9 Å². The predicted molar refractivity (Wildman–Crippen MR) is 187 cm³/mol. The quantitative estimate of drug-likeness (QED) is 0.187. The maximum absolute atomic E-state index is 13.9. The number of hydrogen-bond donors (Lipinski definition) is 0. The third-order valence-electron chi connectivity index (χ3n) is 9.90. The molecule has 2 aromatic heterocycles. The Kier molecular flexibility index (Phi) is 10.7. The van der Waals surface area contributed by atoms with Gasteiger partial charge in [0.2, 0.25) is 11.7 Å². The second-order valence-electron chi connectivity index (χ2n) is 12.6. The second kappa shape index (κ2) is 15.3. The number of amides is 1. The minimum absolute atomic E-state index is 0.0438. The molecule has 4 heterocycles. The van der Waals surface area contributed by atoms with Crippen molar-refractivity contribution in [2.75, 3.05) is 85.3 Å². The maximum Gasteiger partial charge on any atom is 0.254 e. The van der Waals surface area contributed by atoms with Crippen LogP contribution in [0.5, 0.6) is 17.2 Å². The molecule has 11 nitrogen and oxygen atoms in total. The lowest BCUT2D eigenvalue weighted by atomic mass is 9.77. The molecule has 256 valence electrons. The van der Waals surface area contributed by atoms with E-state index in [4.69, 9.17) is 23.9 Å². The van der Waals surface area contributed by atoms with Gasteiger partial charge in [-0.3, -0.25) is 9.78 Å². The summed E-state index contributed by atoms with van der Waals surface area (Å²) >= 11 is 0. The first-order valence-electron chi connectivity index (χ1n) is 17.0. The minimum atomic E-state index is -0.191. The summed E-state index contributed by atoms with van der Waals surface area (Å²) in [6.45, 7) is 10.2. The van der Waals surface area contributed by atoms with Crippen molar-refractivity contribution in [1.29, 1.82) is 0 Å². The number of likely N-dealkylation sites (tertiary alicyclic amines) is 1. The number of para-hydroxylation sites is 2. The smallest absolute Gasteiger partial charge is 0.254 e. The van der Waals surface area contributed by atoms with Crippen LogP contribution in [0, 0.1) is 0 Å². The molecule has 1 unspecified atom stereocenters. The van der Waals surface area contributed by atoms with Crippen LogP contribution in [0.4, 0.5) is 5.95 Å². The van der Waals surface area contributed by atoms with E-state index in [0.717, 1.165) is 75.5 Å². The summed E-state index contributed by atoms with van der Waals surface area (Å²) in [5.74, 6) is 2.40. The van der Waals surface area contributed by atoms with E-state index in [2.05, 4.69) is 49.7 Å². The molecule has 0 saturated carbocycles. The number of carbonyl (C=O) groups excluding carboxylic acids is 1. The van der Waals surface area contributed by atoms with Crippen LogP contribution in [0.3, 0.4) is 0 Å². The average molecular weight is 657 g/mol. The van der Waals surface area contributed by atoms with E-state index in [9.17, 15) is 4.79 Å². The molecule has 2 fully saturated rings. The van der Waals surface area contributed by atoms with Crippen LogP contribution >= 0.6 is 0 Å². The topological polar surface area (TPSA) is 94.4 Å². The number of hydrogen-bond acceptors (Lipinski definition) is 9. The van der Waals surface area contributed by atoms with Crippen LogP contribution in [0.2, 0.25) is 0 Å². The summed E-state index contributed by atoms with van der Waals surface area (Å²) in [4.78, 5) is 30.5. The van der Waals surface area contributed by atoms with Gasteiger partial charge in [0.25, 0.3) is 5.91 Å². The van der Waals surface area contributed by atoms with Crippen molar-refractivity contribution in [3.63, 3.8) is 0 Å². The van der Waals surface area contributed by atoms with Crippen LogP contribution in [0.25, 0.3) is 11.0 Å². The first-order chi connectivity index (χ1) is 23.5. The number of carbonyl (C=O) groups is 1. The van der Waals surface area contributed by atoms with Crippen molar-refractivity contribution in [1.82, 2.24) is 24.3 Å². The van der Waals surface area contributed by atoms with Gasteiger partial charge < -0.3 is 38.2 Å². The molecular formula is C37H48N6O5. The average Bonchev–Trinajstić information content (AvgIpc) is 3.65. The van der Waals surface area contributed by atoms with Gasteiger partial charge in [0, 0.05) is 69.2 Å². The van der Waals surface area contributed by atoms with Gasteiger partial charge in [-0.15, -0.1) is 0 Å². The summed E-state index contributed by atoms with van der Waals surface area (Å²) in [6, 6.07) is 16.0. The molecule has 6 rings (SSSR count). The molecule has 2 aromatic carbocycles. The molecule has 2 aliphatic heterocycles. The standard InChI is InChI=1S/C37H48N6O5/c1-5-48-23-22-43-31-12-7-6-11-30(31)39-36(43)41-17-9-16-40(20-21-41)18-13-37(29-10-8-15-38-26-29)14-19-42(27-37)35(44)28-24-32(45-2)34(47-4)33(25-28)46-3/h6-8,10-12,15,24-26H,5,9,13-14,16-23,27H2,1-4H3. The fraction of sp³-hybridized carbons (Fsp3) is 0.486. The highest BCUT2D eigenvalue weighted by molar-refractivity contribution is 5.96. The van der Waals surface area contributed by atoms with Crippen molar-refractivity contribution >= 4 is 22.9 Å². The third-order valence-corrected chi connectivity index (χ3v) is 9.90. The highest BCUT2D eigenvalue weighted by atomic mass is 16.5. The van der Waals surface area contributed by atoms with Gasteiger partial charge in [-0.25, -0.2) is 4.98 Å². The summed E-state index contributed by atoms with van der Waals surface area (Å²) in [5.41, 5.74) is 3.69. The number of fused-ring (bicyclic) bond motifs is 1. The largest absolute Gasteiger partial charge is 0.493 e. The zero-order valence-electron chi connectivity index (χ0n) is 28.7. The van der Waals surface area contributed by atoms with Gasteiger partial charge in [0.1, 0.15) is 0 Å². The monoisotopic (exact) mass is 656 g/mol. The SMILES string of the molecule is CCOCCn1c(N2CCCN(CCC3(c4cccnc4)CCN(C(=O)c4cc(OC)c(OC)c(OC)c4)C3)CC2)nc2ccccc21. The number of ether oxygens (including phenoxy) is 4. The normalized spacial score (nSPS) is 18.7. The lowest BCUT2D eigenvalue weighted by Gasteiger charge is -2.32. The summed E-state index contributed by atoms with van der Waals surface area (Å²) in [6.07, 6.45) is 6.66. The van der Waals surface area contributed by atoms with Gasteiger partial charge in [0.15, 0.2) is 11.5 Å². The maximum atomic E-state index is 13.9. The lowest BCUT2D eigenvalue weighted by Crippen LogP contribution is -2.39. The van der Waals surface area contributed by atoms with Gasteiger partial charge in [0.05, 0.1) is 39.0 Å². The molecule has 48 heavy (non-hydrogen) atoms. The third kappa shape index (κ3) is 6.93. The molecule has 0 N–H and O–H groups in total. The molecule has 11 heteroatoms. The van der Waals surface area contributed by atoms with Crippen LogP contribution in [0.1, 0.15) is 42.1 Å². The Morgan fingerprint density at radius 3 is 2.46 bits per heavy atom. The molecule has 0 bridgehead atoms. The van der Waals surface area contributed by atoms with Crippen molar-refractivity contribution < 1.29 is 23.7 Å². The molecule has 4 aromatic rings. The Hall–Kier alpha value is -4.35. The predicted octanol–water partition coefficient (Wildman–Crippen LogP) is 4.88. The van der Waals surface area contributed by atoms with E-state index in [1.54, 1.807) is 33.5 Å². The Bertz CT molecular complexity index is 1650. The summed E-state index contributed by atoms with van der Waals surface area (Å²) in [5, 5.41) is 0. The van der Waals surface area contributed by atoms with Crippen LogP contribution in [-0.2, 0) is 16.7 Å². The molecular weight excluding hydrogens is 608 g/mol. The van der Waals surface area contributed by atoms with Gasteiger partial charge in [-0.05, 0) is 75.2 Å². The van der Waals surface area contributed by atoms with Crippen molar-refractivity contribution in [2.45, 2.75) is 38.1 Å². The fourth-order valence-corrected chi connectivity index (χ4v) is 7.28. The van der Waals surface area contributed by atoms with E-state index in [0.29, 0.717) is 49.1 Å². The first kappa shape index (κ1) is 33.5. The number of imidazole rings is 1. The molecule has 0 radical (unpaired) electrons. The highest BCUT2D eigenvalue weighted by Gasteiger charge is 2.42. The van der Waals surface area contributed by atoms with Crippen LogP contribution in [-0.4, -0.2) is 111 Å². The van der Waals surface area contributed by atoms with Crippen molar-refractivity contribution in [3.05, 3.63) is 72.1 Å². The Morgan fingerprint density at radius 1 is 0.917 bits per heavy atom. The molecule has 0 aliphatic carbocycles. The van der Waals surface area contributed by atoms with E-state index >= 15 is 0 Å². The number of methoxy groups -OCH3 is 3. The number of nitrogens with zero attached hydrogens (tertiary/aromatic N) is 6. The molecule has 2 saturated heterocycles. The lowest BCUT2D eigenvalue weighted by molar-refractivity contribution is 0.0780. The molecule has 1 amide bonds. The van der Waals surface area contributed by atoms with Gasteiger partial charge in [-0.2, -0.15) is 0 Å². The number of rotatable bonds is 13. The Labute approximate surface area is 283 Å². The number of pyridine rings is 1. The fourth-order valence-electron chi connectivity index (χ4n) is 7.28. The highest BCUT2D eigenvalue weighted by Crippen LogP contribution is 2.41. The molecule has 0 spiro atoms. The zero-order chi connectivity index (χ0) is 33.5. The van der Waals surface area contributed by atoms with Crippen molar-refractivity contribution in [2.24, 2.45) is 0 Å². The Balaban J connectivity index is 1.16. The second-order valence-corrected chi connectivity index (χ2v) is 12.6. The summed E-state index contributed by atoms with van der Waals surface area (Å²) in [7, 11) is 4.69. The van der Waals surface area contributed by atoms with E-state index in [-0.39, 0.29) is 11.3 Å². The van der Waals surface area contributed by atoms with Gasteiger partial charge >= 0.3 is 0 Å². The number of benzene rings is 2. The van der Waals surface area contributed by atoms with E-state index in [1.807, 2.05) is 30.3 Å².